The maximum absolute atomic E-state index is 12.6. The average Bonchev–Trinajstić information content (AvgIpc) is 3.00. The van der Waals surface area contributed by atoms with Crippen molar-refractivity contribution in [3.8, 4) is 0 Å². The summed E-state index contributed by atoms with van der Waals surface area (Å²) in [7, 11) is 0. The van der Waals surface area contributed by atoms with Crippen LogP contribution in [0.25, 0.3) is 5.65 Å². The number of carbonyl (C=O) groups excluding carboxylic acids is 1. The number of tetrazole rings is 1. The minimum atomic E-state index is -0.0862. The van der Waals surface area contributed by atoms with Crippen molar-refractivity contribution in [1.82, 2.24) is 24.9 Å². The first-order valence-electron chi connectivity index (χ1n) is 7.33. The maximum Gasteiger partial charge on any atom is 0.255 e. The Bertz CT molecular complexity index is 657. The maximum atomic E-state index is 12.6. The molecule has 118 valence electrons. The third-order valence-electron chi connectivity index (χ3n) is 3.48. The molecule has 0 spiro atoms. The first-order valence-corrected chi connectivity index (χ1v) is 7.33. The highest BCUT2D eigenvalue weighted by molar-refractivity contribution is 5.94. The molecule has 2 aromatic heterocycles. The Hall–Kier alpha value is -2.06. The number of fused-ring (bicyclic) bond motifs is 1. The second-order valence-corrected chi connectivity index (χ2v) is 5.53. The highest BCUT2D eigenvalue weighted by Crippen LogP contribution is 2.12. The van der Waals surface area contributed by atoms with Gasteiger partial charge in [-0.2, -0.15) is 4.52 Å². The summed E-state index contributed by atoms with van der Waals surface area (Å²) in [6.45, 7) is 6.07. The van der Waals surface area contributed by atoms with Crippen molar-refractivity contribution in [2.75, 3.05) is 26.3 Å². The second kappa shape index (κ2) is 6.37. The number of nitrogens with zero attached hydrogens (tertiary/aromatic N) is 5. The molecule has 2 aromatic rings. The smallest absolute Gasteiger partial charge is 0.255 e. The summed E-state index contributed by atoms with van der Waals surface area (Å²) >= 11 is 0. The molecule has 1 amide bonds. The van der Waals surface area contributed by atoms with E-state index < -0.39 is 0 Å². The van der Waals surface area contributed by atoms with E-state index in [4.69, 9.17) is 9.47 Å². The number of hydrogen-bond acceptors (Lipinski definition) is 6. The van der Waals surface area contributed by atoms with Gasteiger partial charge in [-0.05, 0) is 36.4 Å². The number of ether oxygens (including phenoxy) is 2. The van der Waals surface area contributed by atoms with E-state index >= 15 is 0 Å². The van der Waals surface area contributed by atoms with Crippen LogP contribution in [-0.2, 0) is 9.47 Å². The number of aromatic nitrogens is 4. The molecule has 3 heterocycles. The molecule has 1 atom stereocenters. The van der Waals surface area contributed by atoms with E-state index in [1.54, 1.807) is 23.2 Å². The molecule has 22 heavy (non-hydrogen) atoms. The highest BCUT2D eigenvalue weighted by Gasteiger charge is 2.25. The number of rotatable bonds is 4. The Morgan fingerprint density at radius 1 is 1.50 bits per heavy atom. The Kier molecular flexibility index (Phi) is 4.30. The number of pyridine rings is 1. The van der Waals surface area contributed by atoms with Gasteiger partial charge in [-0.15, -0.1) is 5.10 Å². The summed E-state index contributed by atoms with van der Waals surface area (Å²) in [5, 5.41) is 11.2. The van der Waals surface area contributed by atoms with Crippen LogP contribution in [0.3, 0.4) is 0 Å². The second-order valence-electron chi connectivity index (χ2n) is 5.53. The van der Waals surface area contributed by atoms with Gasteiger partial charge in [-0.1, -0.05) is 0 Å². The Labute approximate surface area is 128 Å². The van der Waals surface area contributed by atoms with Gasteiger partial charge in [-0.25, -0.2) is 0 Å². The Morgan fingerprint density at radius 2 is 2.36 bits per heavy atom. The van der Waals surface area contributed by atoms with E-state index in [0.29, 0.717) is 37.5 Å². The standard InChI is InChI=1S/C14H19N5O3/c1-10(2)22-9-12-8-18(5-6-21-12)14(20)11-3-4-13-15-16-17-19(13)7-11/h3-4,7,10,12H,5-6,8-9H2,1-2H3. The fourth-order valence-electron chi connectivity index (χ4n) is 2.35. The molecule has 0 N–H and O–H groups in total. The van der Waals surface area contributed by atoms with Crippen LogP contribution in [0.4, 0.5) is 0 Å². The SMILES string of the molecule is CC(C)OCC1CN(C(=O)c2ccc3nnnn3c2)CCO1. The molecule has 0 radical (unpaired) electrons. The van der Waals surface area contributed by atoms with Crippen molar-refractivity contribution in [3.63, 3.8) is 0 Å². The van der Waals surface area contributed by atoms with E-state index in [-0.39, 0.29) is 18.1 Å². The normalized spacial score (nSPS) is 19.0. The molecule has 0 bridgehead atoms. The number of hydrogen-bond donors (Lipinski definition) is 0. The van der Waals surface area contributed by atoms with Crippen molar-refractivity contribution in [2.45, 2.75) is 26.1 Å². The molecule has 0 saturated carbocycles. The van der Waals surface area contributed by atoms with Crippen molar-refractivity contribution < 1.29 is 14.3 Å². The molecule has 8 nitrogen and oxygen atoms in total. The summed E-state index contributed by atoms with van der Waals surface area (Å²) in [4.78, 5) is 14.4. The monoisotopic (exact) mass is 305 g/mol. The van der Waals surface area contributed by atoms with E-state index in [2.05, 4.69) is 15.5 Å². The van der Waals surface area contributed by atoms with E-state index in [1.165, 1.54) is 4.52 Å². The molecule has 0 aromatic carbocycles. The number of morpholine rings is 1. The van der Waals surface area contributed by atoms with E-state index in [9.17, 15) is 4.79 Å². The lowest BCUT2D eigenvalue weighted by Gasteiger charge is -2.33. The number of carbonyl (C=O) groups is 1. The van der Waals surface area contributed by atoms with Crippen molar-refractivity contribution >= 4 is 11.6 Å². The van der Waals surface area contributed by atoms with Gasteiger partial charge in [0.25, 0.3) is 5.91 Å². The van der Waals surface area contributed by atoms with E-state index in [0.717, 1.165) is 0 Å². The third kappa shape index (κ3) is 3.23. The van der Waals surface area contributed by atoms with Gasteiger partial charge < -0.3 is 14.4 Å². The summed E-state index contributed by atoms with van der Waals surface area (Å²) in [5.41, 5.74) is 1.17. The van der Waals surface area contributed by atoms with Crippen molar-refractivity contribution in [1.29, 1.82) is 0 Å². The fourth-order valence-corrected chi connectivity index (χ4v) is 2.35. The van der Waals surface area contributed by atoms with Crippen LogP contribution in [0.5, 0.6) is 0 Å². The van der Waals surface area contributed by atoms with Gasteiger partial charge in [-0.3, -0.25) is 4.79 Å². The van der Waals surface area contributed by atoms with Crippen LogP contribution in [-0.4, -0.2) is 69.4 Å². The zero-order chi connectivity index (χ0) is 15.5. The number of amides is 1. The van der Waals surface area contributed by atoms with Crippen LogP contribution >= 0.6 is 0 Å². The minimum Gasteiger partial charge on any atom is -0.376 e. The molecular formula is C14H19N5O3. The summed E-state index contributed by atoms with van der Waals surface area (Å²) in [5.74, 6) is -0.0461. The zero-order valence-electron chi connectivity index (χ0n) is 12.7. The van der Waals surface area contributed by atoms with Crippen LogP contribution < -0.4 is 0 Å². The van der Waals surface area contributed by atoms with Crippen molar-refractivity contribution in [3.05, 3.63) is 23.9 Å². The molecule has 0 aliphatic carbocycles. The summed E-state index contributed by atoms with van der Waals surface area (Å²) < 4.78 is 12.7. The average molecular weight is 305 g/mol. The molecular weight excluding hydrogens is 286 g/mol. The minimum absolute atomic E-state index is 0.0461. The molecule has 1 aliphatic heterocycles. The van der Waals surface area contributed by atoms with Gasteiger partial charge in [0.2, 0.25) is 0 Å². The molecule has 3 rings (SSSR count). The Balaban J connectivity index is 1.68. The first-order chi connectivity index (χ1) is 10.6. The predicted molar refractivity (Wildman–Crippen MR) is 77.5 cm³/mol. The van der Waals surface area contributed by atoms with Crippen LogP contribution in [0, 0.1) is 0 Å². The Morgan fingerprint density at radius 3 is 3.18 bits per heavy atom. The highest BCUT2D eigenvalue weighted by atomic mass is 16.5. The predicted octanol–water partition coefficient (Wildman–Crippen LogP) is 0.390. The first kappa shape index (κ1) is 14.9. The van der Waals surface area contributed by atoms with Gasteiger partial charge in [0, 0.05) is 19.3 Å². The zero-order valence-corrected chi connectivity index (χ0v) is 12.7. The van der Waals surface area contributed by atoms with E-state index in [1.807, 2.05) is 13.8 Å². The van der Waals surface area contributed by atoms with Gasteiger partial charge in [0.15, 0.2) is 5.65 Å². The lowest BCUT2D eigenvalue weighted by Crippen LogP contribution is -2.47. The molecule has 1 aliphatic rings. The molecule has 8 heteroatoms. The lowest BCUT2D eigenvalue weighted by atomic mass is 10.2. The lowest BCUT2D eigenvalue weighted by molar-refractivity contribution is -0.0725. The fraction of sp³-hybridized carbons (Fsp3) is 0.571. The summed E-state index contributed by atoms with van der Waals surface area (Å²) in [6, 6.07) is 3.47. The van der Waals surface area contributed by atoms with Crippen molar-refractivity contribution in [2.24, 2.45) is 0 Å². The van der Waals surface area contributed by atoms with Crippen LogP contribution in [0.1, 0.15) is 24.2 Å². The van der Waals surface area contributed by atoms with Gasteiger partial charge in [0.1, 0.15) is 0 Å². The van der Waals surface area contributed by atoms with Crippen LogP contribution in [0.15, 0.2) is 18.3 Å². The third-order valence-corrected chi connectivity index (χ3v) is 3.48. The topological polar surface area (TPSA) is 81.9 Å². The molecule has 1 unspecified atom stereocenters. The quantitative estimate of drug-likeness (QED) is 0.813. The largest absolute Gasteiger partial charge is 0.376 e. The molecule has 1 fully saturated rings. The molecule has 1 saturated heterocycles. The van der Waals surface area contributed by atoms with Crippen LogP contribution in [0.2, 0.25) is 0 Å². The van der Waals surface area contributed by atoms with Gasteiger partial charge in [0.05, 0.1) is 31.0 Å². The summed E-state index contributed by atoms with van der Waals surface area (Å²) in [6.07, 6.45) is 1.71. The van der Waals surface area contributed by atoms with Gasteiger partial charge >= 0.3 is 0 Å².